The molecule has 0 unspecified atom stereocenters. The number of benzene rings is 3. The largest absolute Gasteiger partial charge is 0.371 e. The van der Waals surface area contributed by atoms with Gasteiger partial charge in [0.1, 0.15) is 28.5 Å². The van der Waals surface area contributed by atoms with Crippen molar-refractivity contribution in [2.45, 2.75) is 20.8 Å². The van der Waals surface area contributed by atoms with Gasteiger partial charge in [-0.2, -0.15) is 0 Å². The lowest BCUT2D eigenvalue weighted by molar-refractivity contribution is 0.0516. The highest BCUT2D eigenvalue weighted by atomic mass is 35.5. The highest BCUT2D eigenvalue weighted by Crippen LogP contribution is 2.33. The maximum atomic E-state index is 14.5. The molecule has 3 aromatic carbocycles. The number of aromatic nitrogens is 1. The first kappa shape index (κ1) is 22.4. The first-order valence-corrected chi connectivity index (χ1v) is 10.6. The lowest BCUT2D eigenvalue weighted by Gasteiger charge is -2.09. The lowest BCUT2D eigenvalue weighted by atomic mass is 9.99. The van der Waals surface area contributed by atoms with E-state index in [4.69, 9.17) is 21.0 Å². The van der Waals surface area contributed by atoms with E-state index in [1.165, 1.54) is 25.1 Å². The molecule has 0 aliphatic rings. The maximum absolute atomic E-state index is 14.5. The molecule has 0 radical (unpaired) electrons. The number of aryl methyl sites for hydroxylation is 3. The summed E-state index contributed by atoms with van der Waals surface area (Å²) in [5, 5.41) is 8.13. The number of oxime groups is 1. The quantitative estimate of drug-likeness (QED) is 0.189. The zero-order valence-electron chi connectivity index (χ0n) is 18.2. The van der Waals surface area contributed by atoms with Gasteiger partial charge in [-0.3, -0.25) is 0 Å². The molecule has 1 heterocycles. The summed E-state index contributed by atoms with van der Waals surface area (Å²) in [5.41, 5.74) is 4.13. The van der Waals surface area contributed by atoms with E-state index < -0.39 is 11.8 Å². The van der Waals surface area contributed by atoms with Crippen LogP contribution in [-0.4, -0.2) is 16.8 Å². The third-order valence-corrected chi connectivity index (χ3v) is 5.63. The maximum Gasteiger partial charge on any atom is 0.371 e. The zero-order valence-corrected chi connectivity index (χ0v) is 19.0. The molecule has 0 atom stereocenters. The summed E-state index contributed by atoms with van der Waals surface area (Å²) in [6.45, 7) is 5.55. The number of rotatable bonds is 5. The van der Waals surface area contributed by atoms with Crippen LogP contribution in [0.3, 0.4) is 0 Å². The molecule has 5 nitrogen and oxygen atoms in total. The van der Waals surface area contributed by atoms with Gasteiger partial charge in [0.25, 0.3) is 0 Å². The van der Waals surface area contributed by atoms with E-state index in [1.807, 2.05) is 62.4 Å². The van der Waals surface area contributed by atoms with Crippen LogP contribution in [0.2, 0.25) is 5.02 Å². The van der Waals surface area contributed by atoms with Crippen LogP contribution in [0.25, 0.3) is 11.3 Å². The Morgan fingerprint density at radius 3 is 2.42 bits per heavy atom. The standard InChI is InChI=1S/C26H20ClFN2O3/c1-15-12-13-19(14-16(15)2)24(18-8-5-4-6-9-18)29-33-26(31)22-17(3)32-30-25(22)23-20(27)10-7-11-21(23)28/h4-14H,1-3H3/b29-24-. The van der Waals surface area contributed by atoms with Gasteiger partial charge in [-0.05, 0) is 50.1 Å². The van der Waals surface area contributed by atoms with E-state index >= 15 is 0 Å². The smallest absolute Gasteiger partial charge is 0.360 e. The molecule has 1 aromatic heterocycles. The number of carbonyl (C=O) groups is 1. The number of nitrogens with zero attached hydrogens (tertiary/aromatic N) is 2. The summed E-state index contributed by atoms with van der Waals surface area (Å²) in [7, 11) is 0. The zero-order chi connectivity index (χ0) is 23.5. The average molecular weight is 463 g/mol. The minimum absolute atomic E-state index is 0.0376. The molecule has 4 rings (SSSR count). The van der Waals surface area contributed by atoms with Crippen molar-refractivity contribution in [3.8, 4) is 11.3 Å². The highest BCUT2D eigenvalue weighted by Gasteiger charge is 2.27. The molecule has 4 aromatic rings. The molecule has 0 N–H and O–H groups in total. The second-order valence-electron chi connectivity index (χ2n) is 7.54. The first-order valence-electron chi connectivity index (χ1n) is 10.2. The van der Waals surface area contributed by atoms with Crippen LogP contribution in [0, 0.1) is 26.6 Å². The molecule has 33 heavy (non-hydrogen) atoms. The van der Waals surface area contributed by atoms with Crippen LogP contribution >= 0.6 is 11.6 Å². The summed E-state index contributed by atoms with van der Waals surface area (Å²) in [5.74, 6) is -1.30. The van der Waals surface area contributed by atoms with Crippen LogP contribution in [0.15, 0.2) is 76.4 Å². The Morgan fingerprint density at radius 2 is 1.73 bits per heavy atom. The Bertz CT molecular complexity index is 1340. The number of hydrogen-bond acceptors (Lipinski definition) is 5. The highest BCUT2D eigenvalue weighted by molar-refractivity contribution is 6.33. The molecule has 0 aliphatic heterocycles. The van der Waals surface area contributed by atoms with Crippen molar-refractivity contribution in [1.82, 2.24) is 5.16 Å². The van der Waals surface area contributed by atoms with Gasteiger partial charge >= 0.3 is 5.97 Å². The van der Waals surface area contributed by atoms with Crippen LogP contribution in [0.4, 0.5) is 4.39 Å². The topological polar surface area (TPSA) is 64.7 Å². The molecule has 0 aliphatic carbocycles. The van der Waals surface area contributed by atoms with Crippen molar-refractivity contribution in [2.75, 3.05) is 0 Å². The SMILES string of the molecule is Cc1ccc(/C(=N\OC(=O)c2c(-c3c(F)cccc3Cl)noc2C)c2ccccc2)cc1C. The van der Waals surface area contributed by atoms with Gasteiger partial charge < -0.3 is 9.36 Å². The fraction of sp³-hybridized carbons (Fsp3) is 0.115. The molecule has 0 amide bonds. The predicted octanol–water partition coefficient (Wildman–Crippen LogP) is 6.67. The number of carbonyl (C=O) groups excluding carboxylic acids is 1. The van der Waals surface area contributed by atoms with E-state index in [0.717, 1.165) is 22.3 Å². The van der Waals surface area contributed by atoms with Gasteiger partial charge in [-0.1, -0.05) is 70.4 Å². The van der Waals surface area contributed by atoms with Crippen LogP contribution < -0.4 is 0 Å². The Kier molecular flexibility index (Phi) is 6.38. The van der Waals surface area contributed by atoms with Gasteiger partial charge in [0.2, 0.25) is 0 Å². The lowest BCUT2D eigenvalue weighted by Crippen LogP contribution is -2.09. The monoisotopic (exact) mass is 462 g/mol. The van der Waals surface area contributed by atoms with Crippen molar-refractivity contribution in [1.29, 1.82) is 0 Å². The van der Waals surface area contributed by atoms with Gasteiger partial charge in [-0.15, -0.1) is 0 Å². The third-order valence-electron chi connectivity index (χ3n) is 5.31. The minimum atomic E-state index is -0.833. The average Bonchev–Trinajstić information content (AvgIpc) is 3.17. The van der Waals surface area contributed by atoms with Gasteiger partial charge in [-0.25, -0.2) is 9.18 Å². The minimum Gasteiger partial charge on any atom is -0.360 e. The second kappa shape index (κ2) is 9.38. The molecule has 166 valence electrons. The van der Waals surface area contributed by atoms with Crippen LogP contribution in [-0.2, 0) is 4.84 Å². The van der Waals surface area contributed by atoms with E-state index in [1.54, 1.807) is 0 Å². The Labute approximate surface area is 195 Å². The fourth-order valence-corrected chi connectivity index (χ4v) is 3.65. The van der Waals surface area contributed by atoms with E-state index in [2.05, 4.69) is 10.3 Å². The number of halogens is 2. The van der Waals surface area contributed by atoms with E-state index in [-0.39, 0.29) is 27.6 Å². The summed E-state index contributed by atoms with van der Waals surface area (Å²) >= 11 is 6.16. The summed E-state index contributed by atoms with van der Waals surface area (Å²) in [6.07, 6.45) is 0. The summed E-state index contributed by atoms with van der Waals surface area (Å²) in [6, 6.07) is 19.4. The number of hydrogen-bond donors (Lipinski definition) is 0. The Morgan fingerprint density at radius 1 is 0.970 bits per heavy atom. The first-order chi connectivity index (χ1) is 15.9. The van der Waals surface area contributed by atoms with E-state index in [0.29, 0.717) is 5.71 Å². The van der Waals surface area contributed by atoms with E-state index in [9.17, 15) is 9.18 Å². The Hall–Kier alpha value is -3.77. The van der Waals surface area contributed by atoms with Crippen molar-refractivity contribution in [2.24, 2.45) is 5.16 Å². The fourth-order valence-electron chi connectivity index (χ4n) is 3.40. The van der Waals surface area contributed by atoms with Crippen molar-refractivity contribution in [3.05, 3.63) is 111 Å². The van der Waals surface area contributed by atoms with Gasteiger partial charge in [0, 0.05) is 11.1 Å². The molecule has 0 bridgehead atoms. The van der Waals surface area contributed by atoms with Crippen LogP contribution in [0.5, 0.6) is 0 Å². The molecule has 7 heteroatoms. The molecular weight excluding hydrogens is 443 g/mol. The predicted molar refractivity (Wildman–Crippen MR) is 125 cm³/mol. The van der Waals surface area contributed by atoms with Crippen molar-refractivity contribution >= 4 is 23.3 Å². The molecule has 0 saturated heterocycles. The van der Waals surface area contributed by atoms with Gasteiger partial charge in [0.05, 0.1) is 10.6 Å². The third kappa shape index (κ3) is 4.56. The van der Waals surface area contributed by atoms with Crippen LogP contribution in [0.1, 0.15) is 38.4 Å². The Balaban J connectivity index is 1.75. The summed E-state index contributed by atoms with van der Waals surface area (Å²) < 4.78 is 19.6. The van der Waals surface area contributed by atoms with Crippen molar-refractivity contribution in [3.63, 3.8) is 0 Å². The molecule has 0 fully saturated rings. The second-order valence-corrected chi connectivity index (χ2v) is 7.95. The summed E-state index contributed by atoms with van der Waals surface area (Å²) in [4.78, 5) is 18.4. The molecule has 0 saturated carbocycles. The van der Waals surface area contributed by atoms with Crippen molar-refractivity contribution < 1.29 is 18.5 Å². The normalized spacial score (nSPS) is 11.5. The molecule has 0 spiro atoms. The van der Waals surface area contributed by atoms with Gasteiger partial charge in [0.15, 0.2) is 0 Å². The molecular formula is C26H20ClFN2O3.